The van der Waals surface area contributed by atoms with Crippen LogP contribution in [0.5, 0.6) is 0 Å². The molecule has 3 aromatic rings. The fourth-order valence-electron chi connectivity index (χ4n) is 5.10. The average molecular weight is 483 g/mol. The third-order valence-electron chi connectivity index (χ3n) is 6.72. The molecule has 8 heteroatoms. The summed E-state index contributed by atoms with van der Waals surface area (Å²) in [4.78, 5) is 11.9. The summed E-state index contributed by atoms with van der Waals surface area (Å²) in [5.41, 5.74) is 4.46. The molecule has 3 atom stereocenters. The van der Waals surface area contributed by atoms with Gasteiger partial charge in [-0.05, 0) is 61.4 Å². The van der Waals surface area contributed by atoms with Gasteiger partial charge in [0, 0.05) is 38.3 Å². The van der Waals surface area contributed by atoms with Gasteiger partial charge in [0.05, 0.1) is 17.8 Å². The zero-order valence-corrected chi connectivity index (χ0v) is 20.3. The molecule has 35 heavy (non-hydrogen) atoms. The number of fused-ring (bicyclic) bond motifs is 1. The van der Waals surface area contributed by atoms with E-state index in [9.17, 15) is 18.7 Å². The van der Waals surface area contributed by atoms with E-state index in [0.29, 0.717) is 12.0 Å². The quantitative estimate of drug-likeness (QED) is 0.461. The highest BCUT2D eigenvalue weighted by molar-refractivity contribution is 5.73. The molecule has 0 spiro atoms. The minimum atomic E-state index is -0.984. The van der Waals surface area contributed by atoms with Gasteiger partial charge in [0.25, 0.3) is 0 Å². The lowest BCUT2D eigenvalue weighted by molar-refractivity contribution is -0.120. The molecular formula is C27H32F2N4O2. The molecule has 0 bridgehead atoms. The van der Waals surface area contributed by atoms with Crippen LogP contribution >= 0.6 is 0 Å². The van der Waals surface area contributed by atoms with E-state index in [1.165, 1.54) is 19.1 Å². The van der Waals surface area contributed by atoms with Gasteiger partial charge in [-0.2, -0.15) is 5.10 Å². The summed E-state index contributed by atoms with van der Waals surface area (Å²) in [6, 6.07) is 10.9. The second-order valence-electron chi connectivity index (χ2n) is 9.64. The Hall–Kier alpha value is -3.10. The third-order valence-corrected chi connectivity index (χ3v) is 6.72. The third kappa shape index (κ3) is 5.94. The first kappa shape index (κ1) is 25.0. The number of aryl methyl sites for hydroxylation is 3. The van der Waals surface area contributed by atoms with Crippen molar-refractivity contribution in [3.05, 3.63) is 88.2 Å². The molecule has 0 radical (unpaired) electrons. The number of aromatic nitrogens is 2. The lowest BCUT2D eigenvalue weighted by atomic mass is 9.75. The van der Waals surface area contributed by atoms with Gasteiger partial charge in [-0.3, -0.25) is 9.48 Å². The van der Waals surface area contributed by atoms with Gasteiger partial charge in [-0.15, -0.1) is 0 Å². The zero-order valence-electron chi connectivity index (χ0n) is 20.3. The summed E-state index contributed by atoms with van der Waals surface area (Å²) in [5, 5.41) is 22.1. The number of nitrogens with one attached hydrogen (secondary N) is 2. The Kier molecular flexibility index (Phi) is 7.33. The minimum Gasteiger partial charge on any atom is -0.390 e. The van der Waals surface area contributed by atoms with Gasteiger partial charge < -0.3 is 15.7 Å². The Labute approximate surface area is 204 Å². The summed E-state index contributed by atoms with van der Waals surface area (Å²) in [6.45, 7) is 3.60. The fraction of sp³-hybridized carbons (Fsp3) is 0.407. The molecule has 1 heterocycles. The number of amides is 1. The van der Waals surface area contributed by atoms with Crippen LogP contribution in [0.4, 0.5) is 8.78 Å². The second kappa shape index (κ2) is 10.3. The van der Waals surface area contributed by atoms with Crippen molar-refractivity contribution < 1.29 is 18.7 Å². The molecular weight excluding hydrogens is 450 g/mol. The van der Waals surface area contributed by atoms with E-state index in [0.717, 1.165) is 41.3 Å². The Morgan fingerprint density at radius 1 is 1.23 bits per heavy atom. The van der Waals surface area contributed by atoms with Crippen LogP contribution in [0, 0.1) is 18.6 Å². The van der Waals surface area contributed by atoms with Crippen LogP contribution in [0.3, 0.4) is 0 Å². The van der Waals surface area contributed by atoms with E-state index in [1.807, 2.05) is 24.0 Å². The average Bonchev–Trinajstić information content (AvgIpc) is 3.15. The normalized spacial score (nSPS) is 19.1. The number of benzene rings is 2. The van der Waals surface area contributed by atoms with E-state index in [4.69, 9.17) is 0 Å². The predicted molar refractivity (Wildman–Crippen MR) is 130 cm³/mol. The van der Waals surface area contributed by atoms with E-state index in [1.54, 1.807) is 0 Å². The van der Waals surface area contributed by atoms with Crippen LogP contribution in [0.15, 0.2) is 48.7 Å². The number of hydrogen-bond acceptors (Lipinski definition) is 4. The molecule has 2 aromatic carbocycles. The topological polar surface area (TPSA) is 79.2 Å². The number of hydrogen-bond donors (Lipinski definition) is 3. The Balaban J connectivity index is 1.57. The molecule has 1 amide bonds. The number of carbonyl (C=O) groups is 1. The number of carbonyl (C=O) groups excluding carboxylic acids is 1. The van der Waals surface area contributed by atoms with E-state index >= 15 is 0 Å². The number of rotatable bonds is 8. The van der Waals surface area contributed by atoms with Crippen LogP contribution in [0.25, 0.3) is 0 Å². The first-order chi connectivity index (χ1) is 16.6. The second-order valence-corrected chi connectivity index (χ2v) is 9.64. The standard InChI is InChI=1S/C27H32F2N4O2/c1-17-5-4-6-21(9-17)27(8-7-24-20(14-27)16-33(3)32-24)30-15-26(35)25(31-18(2)34)12-19-10-22(28)13-23(29)11-19/h4-6,9-11,13,16,25-26,30,35H,7-8,12,14-15H2,1-3H3,(H,31,34). The van der Waals surface area contributed by atoms with Crippen molar-refractivity contribution in [3.8, 4) is 0 Å². The molecule has 0 fully saturated rings. The smallest absolute Gasteiger partial charge is 0.217 e. The number of aliphatic hydroxyl groups excluding tert-OH is 1. The summed E-state index contributed by atoms with van der Waals surface area (Å²) in [5.74, 6) is -1.71. The van der Waals surface area contributed by atoms with Crippen LogP contribution in [-0.4, -0.2) is 39.5 Å². The van der Waals surface area contributed by atoms with E-state index in [2.05, 4.69) is 40.9 Å². The van der Waals surface area contributed by atoms with Crippen molar-refractivity contribution in [2.24, 2.45) is 7.05 Å². The van der Waals surface area contributed by atoms with Crippen LogP contribution in [0.2, 0.25) is 0 Å². The van der Waals surface area contributed by atoms with Crippen molar-refractivity contribution in [1.82, 2.24) is 20.4 Å². The Bertz CT molecular complexity index is 1190. The van der Waals surface area contributed by atoms with Gasteiger partial charge in [0.1, 0.15) is 11.6 Å². The molecule has 1 aliphatic rings. The van der Waals surface area contributed by atoms with Crippen molar-refractivity contribution in [3.63, 3.8) is 0 Å². The summed E-state index contributed by atoms with van der Waals surface area (Å²) in [7, 11) is 1.91. The predicted octanol–water partition coefficient (Wildman–Crippen LogP) is 3.09. The maximum atomic E-state index is 13.7. The molecule has 3 unspecified atom stereocenters. The van der Waals surface area contributed by atoms with Gasteiger partial charge in [0.2, 0.25) is 5.91 Å². The molecule has 0 aliphatic heterocycles. The summed E-state index contributed by atoms with van der Waals surface area (Å²) in [6.07, 6.45) is 3.46. The Morgan fingerprint density at radius 3 is 2.66 bits per heavy atom. The lowest BCUT2D eigenvalue weighted by Gasteiger charge is -2.40. The van der Waals surface area contributed by atoms with Crippen LogP contribution in [-0.2, 0) is 36.6 Å². The monoisotopic (exact) mass is 482 g/mol. The Morgan fingerprint density at radius 2 is 1.97 bits per heavy atom. The molecule has 6 nitrogen and oxygen atoms in total. The van der Waals surface area contributed by atoms with Crippen LogP contribution < -0.4 is 10.6 Å². The SMILES string of the molecule is CC(=O)NC(Cc1cc(F)cc(F)c1)C(O)CNC1(c2cccc(C)c2)CCc2nn(C)cc2C1. The van der Waals surface area contributed by atoms with Crippen molar-refractivity contribution >= 4 is 5.91 Å². The fourth-order valence-corrected chi connectivity index (χ4v) is 5.10. The van der Waals surface area contributed by atoms with E-state index < -0.39 is 29.3 Å². The zero-order chi connectivity index (χ0) is 25.2. The summed E-state index contributed by atoms with van der Waals surface area (Å²) >= 11 is 0. The molecule has 4 rings (SSSR count). The molecule has 186 valence electrons. The largest absolute Gasteiger partial charge is 0.390 e. The van der Waals surface area contributed by atoms with Gasteiger partial charge in [0.15, 0.2) is 0 Å². The van der Waals surface area contributed by atoms with Crippen molar-refractivity contribution in [2.45, 2.75) is 57.2 Å². The first-order valence-electron chi connectivity index (χ1n) is 11.9. The van der Waals surface area contributed by atoms with Gasteiger partial charge >= 0.3 is 0 Å². The molecule has 3 N–H and O–H groups in total. The van der Waals surface area contributed by atoms with Gasteiger partial charge in [-0.25, -0.2) is 8.78 Å². The maximum Gasteiger partial charge on any atom is 0.217 e. The highest BCUT2D eigenvalue weighted by Gasteiger charge is 2.38. The maximum absolute atomic E-state index is 13.7. The van der Waals surface area contributed by atoms with E-state index in [-0.39, 0.29) is 18.9 Å². The highest BCUT2D eigenvalue weighted by Crippen LogP contribution is 2.36. The molecule has 1 aliphatic carbocycles. The highest BCUT2D eigenvalue weighted by atomic mass is 19.1. The number of aliphatic hydroxyl groups is 1. The minimum absolute atomic E-state index is 0.0985. The van der Waals surface area contributed by atoms with Crippen molar-refractivity contribution in [1.29, 1.82) is 0 Å². The molecule has 1 aromatic heterocycles. The first-order valence-corrected chi connectivity index (χ1v) is 11.9. The number of nitrogens with zero attached hydrogens (tertiary/aromatic N) is 2. The van der Waals surface area contributed by atoms with Crippen molar-refractivity contribution in [2.75, 3.05) is 6.54 Å². The number of halogens is 2. The molecule has 0 saturated heterocycles. The summed E-state index contributed by atoms with van der Waals surface area (Å²) < 4.78 is 29.3. The molecule has 0 saturated carbocycles. The van der Waals surface area contributed by atoms with Gasteiger partial charge in [-0.1, -0.05) is 29.8 Å². The lowest BCUT2D eigenvalue weighted by Crippen LogP contribution is -2.54. The van der Waals surface area contributed by atoms with Crippen LogP contribution in [0.1, 0.15) is 41.3 Å².